The molecule has 0 aliphatic heterocycles. The van der Waals surface area contributed by atoms with E-state index in [-0.39, 0.29) is 17.0 Å². The Kier molecular flexibility index (Phi) is 4.73. The fraction of sp³-hybridized carbons (Fsp3) is 0.0625. The highest BCUT2D eigenvalue weighted by Crippen LogP contribution is 2.26. The number of aromatic nitrogens is 3. The fourth-order valence-electron chi connectivity index (χ4n) is 1.84. The van der Waals surface area contributed by atoms with Gasteiger partial charge in [0.2, 0.25) is 11.2 Å². The Morgan fingerprint density at radius 1 is 1.04 bits per heavy atom. The van der Waals surface area contributed by atoms with Crippen LogP contribution in [-0.4, -0.2) is 15.0 Å². The van der Waals surface area contributed by atoms with Gasteiger partial charge >= 0.3 is 0 Å². The predicted molar refractivity (Wildman–Crippen MR) is 89.8 cm³/mol. The summed E-state index contributed by atoms with van der Waals surface area (Å²) in [4.78, 5) is 13.4. The van der Waals surface area contributed by atoms with Crippen LogP contribution in [0.4, 0.5) is 16.0 Å². The topological polar surface area (TPSA) is 50.7 Å². The molecule has 0 saturated carbocycles. The summed E-state index contributed by atoms with van der Waals surface area (Å²) in [5.74, 6) is -0.0744. The molecule has 3 aromatic rings. The zero-order valence-electron chi connectivity index (χ0n) is 12.1. The number of anilines is 2. The standard InChI is InChI=1S/C16H12ClFN4S/c1-10-5-7-13(8-6-10)23-16-21-14(17)20-15(22-16)19-12-4-2-3-11(18)9-12/h2-9H,1H3,(H,19,20,21,22). The quantitative estimate of drug-likeness (QED) is 0.730. The average Bonchev–Trinajstić information content (AvgIpc) is 2.49. The molecule has 4 nitrogen and oxygen atoms in total. The molecule has 0 bridgehead atoms. The van der Waals surface area contributed by atoms with Gasteiger partial charge in [-0.25, -0.2) is 4.39 Å². The predicted octanol–water partition coefficient (Wildman–Crippen LogP) is 4.87. The molecule has 116 valence electrons. The minimum atomic E-state index is -0.343. The number of aryl methyl sites for hydroxylation is 1. The number of nitrogens with one attached hydrogen (secondary N) is 1. The summed E-state index contributed by atoms with van der Waals surface area (Å²) in [7, 11) is 0. The van der Waals surface area contributed by atoms with Gasteiger partial charge in [0.1, 0.15) is 5.82 Å². The number of halogens is 2. The van der Waals surface area contributed by atoms with Crippen molar-refractivity contribution in [2.45, 2.75) is 17.0 Å². The number of rotatable bonds is 4. The van der Waals surface area contributed by atoms with Gasteiger partial charge in [-0.3, -0.25) is 0 Å². The molecule has 0 aliphatic carbocycles. The van der Waals surface area contributed by atoms with Crippen molar-refractivity contribution in [1.29, 1.82) is 0 Å². The summed E-state index contributed by atoms with van der Waals surface area (Å²) in [6.07, 6.45) is 0. The lowest BCUT2D eigenvalue weighted by atomic mass is 10.2. The Morgan fingerprint density at radius 2 is 1.83 bits per heavy atom. The molecule has 1 aromatic heterocycles. The van der Waals surface area contributed by atoms with Crippen molar-refractivity contribution in [2.75, 3.05) is 5.32 Å². The highest BCUT2D eigenvalue weighted by atomic mass is 35.5. The summed E-state index contributed by atoms with van der Waals surface area (Å²) < 4.78 is 13.2. The second-order valence-electron chi connectivity index (χ2n) is 4.76. The zero-order chi connectivity index (χ0) is 16.2. The molecule has 0 amide bonds. The highest BCUT2D eigenvalue weighted by molar-refractivity contribution is 7.99. The van der Waals surface area contributed by atoms with Gasteiger partial charge in [0, 0.05) is 10.6 Å². The van der Waals surface area contributed by atoms with Crippen molar-refractivity contribution in [3.05, 3.63) is 65.2 Å². The number of nitrogens with zero attached hydrogens (tertiary/aromatic N) is 3. The first kappa shape index (κ1) is 15.7. The molecular formula is C16H12ClFN4S. The summed E-state index contributed by atoms with van der Waals surface area (Å²) >= 11 is 7.33. The SMILES string of the molecule is Cc1ccc(Sc2nc(Cl)nc(Nc3cccc(F)c3)n2)cc1. The van der Waals surface area contributed by atoms with Crippen LogP contribution in [0, 0.1) is 12.7 Å². The maximum Gasteiger partial charge on any atom is 0.232 e. The zero-order valence-corrected chi connectivity index (χ0v) is 13.7. The first-order valence-electron chi connectivity index (χ1n) is 6.77. The van der Waals surface area contributed by atoms with E-state index in [4.69, 9.17) is 11.6 Å². The molecule has 0 atom stereocenters. The van der Waals surface area contributed by atoms with Gasteiger partial charge in [-0.05, 0) is 60.6 Å². The Bertz CT molecular complexity index is 827. The lowest BCUT2D eigenvalue weighted by molar-refractivity contribution is 0.628. The third-order valence-electron chi connectivity index (χ3n) is 2.90. The van der Waals surface area contributed by atoms with E-state index in [9.17, 15) is 4.39 Å². The first-order chi connectivity index (χ1) is 11.1. The summed E-state index contributed by atoms with van der Waals surface area (Å²) in [6.45, 7) is 2.02. The lowest BCUT2D eigenvalue weighted by Gasteiger charge is -2.07. The summed E-state index contributed by atoms with van der Waals surface area (Å²) in [5, 5.41) is 3.46. The normalized spacial score (nSPS) is 10.6. The molecule has 0 fully saturated rings. The molecule has 1 N–H and O–H groups in total. The van der Waals surface area contributed by atoms with Crippen molar-refractivity contribution >= 4 is 35.0 Å². The van der Waals surface area contributed by atoms with Crippen LogP contribution in [0.2, 0.25) is 5.28 Å². The maximum atomic E-state index is 13.2. The second kappa shape index (κ2) is 6.93. The molecule has 23 heavy (non-hydrogen) atoms. The first-order valence-corrected chi connectivity index (χ1v) is 7.97. The third-order valence-corrected chi connectivity index (χ3v) is 3.94. The van der Waals surface area contributed by atoms with E-state index in [1.807, 2.05) is 31.2 Å². The van der Waals surface area contributed by atoms with Crippen molar-refractivity contribution < 1.29 is 4.39 Å². The van der Waals surface area contributed by atoms with Gasteiger partial charge in [-0.1, -0.05) is 23.8 Å². The van der Waals surface area contributed by atoms with Crippen LogP contribution in [0.15, 0.2) is 58.6 Å². The highest BCUT2D eigenvalue weighted by Gasteiger charge is 2.08. The summed E-state index contributed by atoms with van der Waals surface area (Å²) in [5.41, 5.74) is 1.72. The molecule has 0 saturated heterocycles. The minimum Gasteiger partial charge on any atom is -0.324 e. The largest absolute Gasteiger partial charge is 0.324 e. The van der Waals surface area contributed by atoms with Gasteiger partial charge in [-0.2, -0.15) is 15.0 Å². The molecule has 0 radical (unpaired) electrons. The van der Waals surface area contributed by atoms with E-state index < -0.39 is 0 Å². The van der Waals surface area contributed by atoms with Crippen molar-refractivity contribution in [1.82, 2.24) is 15.0 Å². The van der Waals surface area contributed by atoms with Crippen LogP contribution < -0.4 is 5.32 Å². The molecule has 1 heterocycles. The molecule has 2 aromatic carbocycles. The van der Waals surface area contributed by atoms with Crippen LogP contribution in [0.5, 0.6) is 0 Å². The molecule has 7 heteroatoms. The van der Waals surface area contributed by atoms with Gasteiger partial charge in [0.05, 0.1) is 0 Å². The maximum absolute atomic E-state index is 13.2. The summed E-state index contributed by atoms with van der Waals surface area (Å²) in [6, 6.07) is 14.0. The van der Waals surface area contributed by atoms with Gasteiger partial charge < -0.3 is 5.32 Å². The van der Waals surface area contributed by atoms with E-state index >= 15 is 0 Å². The van der Waals surface area contributed by atoms with E-state index in [0.29, 0.717) is 10.8 Å². The van der Waals surface area contributed by atoms with Gasteiger partial charge in [0.15, 0.2) is 5.16 Å². The average molecular weight is 347 g/mol. The minimum absolute atomic E-state index is 0.0773. The molecule has 3 rings (SSSR count). The van der Waals surface area contributed by atoms with Crippen molar-refractivity contribution in [3.63, 3.8) is 0 Å². The fourth-order valence-corrected chi connectivity index (χ4v) is 2.80. The number of benzene rings is 2. The van der Waals surface area contributed by atoms with E-state index in [1.54, 1.807) is 12.1 Å². The molecule has 0 spiro atoms. The molecule has 0 aliphatic rings. The van der Waals surface area contributed by atoms with Crippen molar-refractivity contribution in [2.24, 2.45) is 0 Å². The van der Waals surface area contributed by atoms with Gasteiger partial charge in [0.25, 0.3) is 0 Å². The molecular weight excluding hydrogens is 335 g/mol. The lowest BCUT2D eigenvalue weighted by Crippen LogP contribution is -2.00. The van der Waals surface area contributed by atoms with E-state index in [0.717, 1.165) is 4.90 Å². The smallest absolute Gasteiger partial charge is 0.232 e. The van der Waals surface area contributed by atoms with Crippen LogP contribution in [0.3, 0.4) is 0 Å². The number of hydrogen-bond acceptors (Lipinski definition) is 5. The Labute approximate surface area is 142 Å². The van der Waals surface area contributed by atoms with E-state index in [2.05, 4.69) is 20.3 Å². The Hall–Kier alpha value is -2.18. The monoisotopic (exact) mass is 346 g/mol. The Balaban J connectivity index is 1.82. The van der Waals surface area contributed by atoms with Crippen LogP contribution in [0.25, 0.3) is 0 Å². The van der Waals surface area contributed by atoms with Crippen LogP contribution in [-0.2, 0) is 0 Å². The third kappa shape index (κ3) is 4.40. The van der Waals surface area contributed by atoms with Gasteiger partial charge in [-0.15, -0.1) is 0 Å². The molecule has 0 unspecified atom stereocenters. The Morgan fingerprint density at radius 3 is 2.57 bits per heavy atom. The van der Waals surface area contributed by atoms with E-state index in [1.165, 1.54) is 29.5 Å². The van der Waals surface area contributed by atoms with Crippen LogP contribution in [0.1, 0.15) is 5.56 Å². The second-order valence-corrected chi connectivity index (χ2v) is 6.14. The number of hydrogen-bond donors (Lipinski definition) is 1. The van der Waals surface area contributed by atoms with Crippen LogP contribution >= 0.6 is 23.4 Å². The van der Waals surface area contributed by atoms with Crippen molar-refractivity contribution in [3.8, 4) is 0 Å².